The minimum absolute atomic E-state index is 0.362. The van der Waals surface area contributed by atoms with Crippen molar-refractivity contribution in [3.8, 4) is 0 Å². The number of unbranched alkanes of at least 4 members (excludes halogenated alkanes) is 5. The van der Waals surface area contributed by atoms with E-state index in [0.717, 1.165) is 18.7 Å². The van der Waals surface area contributed by atoms with Gasteiger partial charge < -0.3 is 15.8 Å². The number of anilines is 2. The van der Waals surface area contributed by atoms with Crippen LogP contribution in [0.15, 0.2) is 18.2 Å². The molecule has 112 valence electrons. The largest absolute Gasteiger partial charge is 0.465 e. The summed E-state index contributed by atoms with van der Waals surface area (Å²) in [5.41, 5.74) is 7.87. The topological polar surface area (TPSA) is 64.3 Å². The number of nitrogens with two attached hydrogens (primary N) is 1. The van der Waals surface area contributed by atoms with E-state index in [1.165, 1.54) is 39.2 Å². The number of nitrogens with one attached hydrogen (secondary N) is 1. The summed E-state index contributed by atoms with van der Waals surface area (Å²) in [4.78, 5) is 11.4. The Morgan fingerprint density at radius 3 is 2.55 bits per heavy atom. The van der Waals surface area contributed by atoms with Crippen LogP contribution in [0.5, 0.6) is 0 Å². The Hall–Kier alpha value is -1.71. The Balaban J connectivity index is 2.32. The number of nitrogen functional groups attached to an aromatic ring is 1. The average molecular weight is 278 g/mol. The fourth-order valence-electron chi connectivity index (χ4n) is 2.10. The molecule has 0 unspecified atom stereocenters. The molecule has 1 aromatic rings. The van der Waals surface area contributed by atoms with Crippen molar-refractivity contribution in [1.29, 1.82) is 0 Å². The van der Waals surface area contributed by atoms with Gasteiger partial charge >= 0.3 is 5.97 Å². The fourth-order valence-corrected chi connectivity index (χ4v) is 2.10. The molecule has 3 N–H and O–H groups in total. The van der Waals surface area contributed by atoms with Crippen molar-refractivity contribution in [2.75, 3.05) is 24.7 Å². The first-order valence-corrected chi connectivity index (χ1v) is 7.40. The maximum absolute atomic E-state index is 11.4. The second-order valence-corrected chi connectivity index (χ2v) is 4.99. The zero-order valence-corrected chi connectivity index (χ0v) is 12.6. The van der Waals surface area contributed by atoms with Gasteiger partial charge in [-0.15, -0.1) is 0 Å². The van der Waals surface area contributed by atoms with Crippen LogP contribution in [0, 0.1) is 0 Å². The van der Waals surface area contributed by atoms with Gasteiger partial charge in [0.1, 0.15) is 0 Å². The summed E-state index contributed by atoms with van der Waals surface area (Å²) >= 11 is 0. The molecule has 1 aromatic carbocycles. The lowest BCUT2D eigenvalue weighted by Gasteiger charge is -2.10. The molecule has 0 aliphatic heterocycles. The van der Waals surface area contributed by atoms with Gasteiger partial charge in [0.25, 0.3) is 0 Å². The lowest BCUT2D eigenvalue weighted by molar-refractivity contribution is 0.0601. The number of esters is 1. The van der Waals surface area contributed by atoms with Gasteiger partial charge in [-0.05, 0) is 24.6 Å². The van der Waals surface area contributed by atoms with Crippen LogP contribution in [-0.4, -0.2) is 19.6 Å². The van der Waals surface area contributed by atoms with Gasteiger partial charge in [0.05, 0.1) is 24.0 Å². The first-order valence-electron chi connectivity index (χ1n) is 7.40. The average Bonchev–Trinajstić information content (AvgIpc) is 2.46. The summed E-state index contributed by atoms with van der Waals surface area (Å²) in [6.45, 7) is 3.14. The first kappa shape index (κ1) is 16.3. The van der Waals surface area contributed by atoms with E-state index in [9.17, 15) is 4.79 Å². The Bertz CT molecular complexity index is 419. The molecule has 0 bridgehead atoms. The minimum Gasteiger partial charge on any atom is -0.465 e. The van der Waals surface area contributed by atoms with Gasteiger partial charge in [-0.2, -0.15) is 0 Å². The molecular formula is C16H26N2O2. The third-order valence-corrected chi connectivity index (χ3v) is 3.32. The van der Waals surface area contributed by atoms with Crippen LogP contribution < -0.4 is 11.1 Å². The maximum Gasteiger partial charge on any atom is 0.337 e. The van der Waals surface area contributed by atoms with Crippen LogP contribution in [0.1, 0.15) is 55.8 Å². The molecule has 20 heavy (non-hydrogen) atoms. The van der Waals surface area contributed by atoms with E-state index >= 15 is 0 Å². The smallest absolute Gasteiger partial charge is 0.337 e. The second kappa shape index (κ2) is 9.23. The Morgan fingerprint density at radius 1 is 1.20 bits per heavy atom. The third-order valence-electron chi connectivity index (χ3n) is 3.32. The van der Waals surface area contributed by atoms with Crippen LogP contribution in [-0.2, 0) is 4.74 Å². The molecular weight excluding hydrogens is 252 g/mol. The fraction of sp³-hybridized carbons (Fsp3) is 0.562. The molecule has 0 aromatic heterocycles. The van der Waals surface area contributed by atoms with Crippen LogP contribution in [0.25, 0.3) is 0 Å². The lowest BCUT2D eigenvalue weighted by atomic mass is 10.1. The summed E-state index contributed by atoms with van der Waals surface area (Å²) in [6, 6.07) is 5.21. The highest BCUT2D eigenvalue weighted by atomic mass is 16.5. The summed E-state index contributed by atoms with van der Waals surface area (Å²) < 4.78 is 4.66. The maximum atomic E-state index is 11.4. The van der Waals surface area contributed by atoms with Gasteiger partial charge in [0, 0.05) is 6.54 Å². The van der Waals surface area contributed by atoms with Crippen molar-refractivity contribution in [2.45, 2.75) is 45.4 Å². The van der Waals surface area contributed by atoms with Gasteiger partial charge in [0.2, 0.25) is 0 Å². The van der Waals surface area contributed by atoms with E-state index < -0.39 is 0 Å². The number of ether oxygens (including phenoxy) is 1. The van der Waals surface area contributed by atoms with Gasteiger partial charge in [-0.25, -0.2) is 4.79 Å². The number of carbonyl (C=O) groups is 1. The molecule has 0 aliphatic carbocycles. The van der Waals surface area contributed by atoms with E-state index in [1.54, 1.807) is 12.1 Å². The molecule has 0 heterocycles. The van der Waals surface area contributed by atoms with E-state index in [0.29, 0.717) is 11.3 Å². The Labute approximate surface area is 121 Å². The second-order valence-electron chi connectivity index (χ2n) is 4.99. The van der Waals surface area contributed by atoms with Crippen molar-refractivity contribution in [2.24, 2.45) is 0 Å². The van der Waals surface area contributed by atoms with Crippen LogP contribution in [0.4, 0.5) is 11.4 Å². The number of hydrogen-bond acceptors (Lipinski definition) is 4. The van der Waals surface area contributed by atoms with Gasteiger partial charge in [0.15, 0.2) is 0 Å². The van der Waals surface area contributed by atoms with Crippen molar-refractivity contribution >= 4 is 17.3 Å². The molecule has 4 heteroatoms. The standard InChI is InChI=1S/C16H26N2O2/c1-3-4-5-6-7-8-11-18-15-10-9-13(12-14(15)17)16(19)20-2/h9-10,12,18H,3-8,11,17H2,1-2H3. The van der Waals surface area contributed by atoms with Crippen molar-refractivity contribution in [1.82, 2.24) is 0 Å². The van der Waals surface area contributed by atoms with Gasteiger partial charge in [-0.3, -0.25) is 0 Å². The monoisotopic (exact) mass is 278 g/mol. The predicted octanol–water partition coefficient (Wildman–Crippen LogP) is 3.83. The summed E-state index contributed by atoms with van der Waals surface area (Å²) in [5.74, 6) is -0.362. The summed E-state index contributed by atoms with van der Waals surface area (Å²) in [6.07, 6.45) is 7.62. The molecule has 0 amide bonds. The summed E-state index contributed by atoms with van der Waals surface area (Å²) in [7, 11) is 1.36. The molecule has 0 spiro atoms. The van der Waals surface area contributed by atoms with Crippen LogP contribution in [0.2, 0.25) is 0 Å². The number of methoxy groups -OCH3 is 1. The highest BCUT2D eigenvalue weighted by molar-refractivity contribution is 5.91. The van der Waals surface area contributed by atoms with E-state index in [4.69, 9.17) is 5.73 Å². The number of carbonyl (C=O) groups excluding carboxylic acids is 1. The highest BCUT2D eigenvalue weighted by Gasteiger charge is 2.07. The SMILES string of the molecule is CCCCCCCCNc1ccc(C(=O)OC)cc1N. The molecule has 0 atom stereocenters. The van der Waals surface area contributed by atoms with Gasteiger partial charge in [-0.1, -0.05) is 39.0 Å². The Kier molecular flexibility index (Phi) is 7.55. The molecule has 0 saturated heterocycles. The predicted molar refractivity (Wildman–Crippen MR) is 84.1 cm³/mol. The molecule has 0 aliphatic rings. The van der Waals surface area contributed by atoms with Crippen molar-refractivity contribution < 1.29 is 9.53 Å². The zero-order chi connectivity index (χ0) is 14.8. The van der Waals surface area contributed by atoms with Crippen LogP contribution >= 0.6 is 0 Å². The molecule has 4 nitrogen and oxygen atoms in total. The van der Waals surface area contributed by atoms with E-state index in [-0.39, 0.29) is 5.97 Å². The van der Waals surface area contributed by atoms with E-state index in [2.05, 4.69) is 17.0 Å². The quantitative estimate of drug-likeness (QED) is 0.409. The third kappa shape index (κ3) is 5.51. The Morgan fingerprint density at radius 2 is 1.90 bits per heavy atom. The van der Waals surface area contributed by atoms with E-state index in [1.807, 2.05) is 6.07 Å². The molecule has 0 radical (unpaired) electrons. The highest BCUT2D eigenvalue weighted by Crippen LogP contribution is 2.20. The molecule has 0 saturated carbocycles. The number of hydrogen-bond donors (Lipinski definition) is 2. The first-order chi connectivity index (χ1) is 9.69. The van der Waals surface area contributed by atoms with Crippen molar-refractivity contribution in [3.63, 3.8) is 0 Å². The summed E-state index contributed by atoms with van der Waals surface area (Å²) in [5, 5.41) is 3.31. The molecule has 0 fully saturated rings. The number of benzene rings is 1. The number of rotatable bonds is 9. The molecule has 1 rings (SSSR count). The minimum atomic E-state index is -0.362. The van der Waals surface area contributed by atoms with Crippen LogP contribution in [0.3, 0.4) is 0 Å². The zero-order valence-electron chi connectivity index (χ0n) is 12.6. The van der Waals surface area contributed by atoms with Crippen molar-refractivity contribution in [3.05, 3.63) is 23.8 Å². The normalized spacial score (nSPS) is 10.3. The lowest BCUT2D eigenvalue weighted by Crippen LogP contribution is -2.07.